The Morgan fingerprint density at radius 2 is 1.95 bits per heavy atom. The van der Waals surface area contributed by atoms with E-state index in [4.69, 9.17) is 5.73 Å². The van der Waals surface area contributed by atoms with E-state index in [1.165, 1.54) is 11.8 Å². The molecule has 2 atom stereocenters. The fourth-order valence-electron chi connectivity index (χ4n) is 2.73. The number of likely N-dealkylation sites (tertiary alicyclic amines) is 1. The Morgan fingerprint density at radius 3 is 2.55 bits per heavy atom. The van der Waals surface area contributed by atoms with Gasteiger partial charge in [0.15, 0.2) is 0 Å². The molecule has 1 aliphatic rings. The van der Waals surface area contributed by atoms with Crippen LogP contribution in [0, 0.1) is 12.8 Å². The van der Waals surface area contributed by atoms with Crippen molar-refractivity contribution in [3.63, 3.8) is 0 Å². The second kappa shape index (κ2) is 6.60. The summed E-state index contributed by atoms with van der Waals surface area (Å²) >= 11 is 0. The second-order valence-electron chi connectivity index (χ2n) is 5.71. The molecule has 6 nitrogen and oxygen atoms in total. The monoisotopic (exact) mass is 303 g/mol. The summed E-state index contributed by atoms with van der Waals surface area (Å²) in [5.41, 5.74) is 7.36. The molecular weight excluding hydrogens is 282 g/mol. The molecule has 3 N–H and O–H groups in total. The zero-order valence-corrected chi connectivity index (χ0v) is 12.8. The molecule has 1 aliphatic heterocycles. The molecule has 1 heterocycles. The van der Waals surface area contributed by atoms with Crippen molar-refractivity contribution in [2.75, 3.05) is 13.1 Å². The zero-order valence-electron chi connectivity index (χ0n) is 12.8. The maximum absolute atomic E-state index is 12.2. The van der Waals surface area contributed by atoms with Gasteiger partial charge in [-0.2, -0.15) is 0 Å². The third kappa shape index (κ3) is 3.63. The number of primary amides is 1. The first kappa shape index (κ1) is 16.0. The van der Waals surface area contributed by atoms with Crippen molar-refractivity contribution >= 4 is 17.7 Å². The Morgan fingerprint density at radius 1 is 1.27 bits per heavy atom. The molecule has 0 saturated carbocycles. The molecule has 0 spiro atoms. The molecule has 0 aliphatic carbocycles. The normalized spacial score (nSPS) is 20.7. The number of hydrogen-bond donors (Lipinski definition) is 2. The van der Waals surface area contributed by atoms with Crippen molar-refractivity contribution in [2.24, 2.45) is 11.7 Å². The topological polar surface area (TPSA) is 92.5 Å². The van der Waals surface area contributed by atoms with Crippen LogP contribution in [0.3, 0.4) is 0 Å². The Kier molecular flexibility index (Phi) is 4.80. The molecule has 0 radical (unpaired) electrons. The van der Waals surface area contributed by atoms with Gasteiger partial charge in [0, 0.05) is 20.0 Å². The van der Waals surface area contributed by atoms with Crippen LogP contribution in [0.25, 0.3) is 0 Å². The lowest BCUT2D eigenvalue weighted by molar-refractivity contribution is -0.128. The number of carbonyl (C=O) groups excluding carboxylic acids is 3. The number of hydrogen-bond acceptors (Lipinski definition) is 3. The van der Waals surface area contributed by atoms with Crippen LogP contribution in [0.15, 0.2) is 24.3 Å². The van der Waals surface area contributed by atoms with Gasteiger partial charge in [0.1, 0.15) is 0 Å². The molecule has 2 rings (SSSR count). The molecule has 1 aromatic rings. The third-order valence-electron chi connectivity index (χ3n) is 4.09. The van der Waals surface area contributed by atoms with Gasteiger partial charge in [-0.25, -0.2) is 0 Å². The summed E-state index contributed by atoms with van der Waals surface area (Å²) in [5.74, 6) is -1.33. The van der Waals surface area contributed by atoms with E-state index in [9.17, 15) is 14.4 Å². The SMILES string of the molecule is CC(=O)N1C[C@H](NC(=O)Cc2ccccc2C)[C@H](C(N)=O)C1. The first-order chi connectivity index (χ1) is 10.4. The average Bonchev–Trinajstić information content (AvgIpc) is 2.85. The standard InChI is InChI=1S/C16H21N3O3/c1-10-5-3-4-6-12(10)7-15(21)18-14-9-19(11(2)20)8-13(14)16(17)22/h3-6,13-14H,7-9H2,1-2H3,(H2,17,22)(H,18,21)/t13-,14+/m1/s1. The van der Waals surface area contributed by atoms with E-state index >= 15 is 0 Å². The summed E-state index contributed by atoms with van der Waals surface area (Å²) in [4.78, 5) is 36.7. The number of benzene rings is 1. The number of nitrogens with one attached hydrogen (secondary N) is 1. The fraction of sp³-hybridized carbons (Fsp3) is 0.438. The van der Waals surface area contributed by atoms with E-state index in [1.807, 2.05) is 31.2 Å². The van der Waals surface area contributed by atoms with E-state index in [-0.39, 0.29) is 24.8 Å². The summed E-state index contributed by atoms with van der Waals surface area (Å²) in [5, 5.41) is 2.84. The van der Waals surface area contributed by atoms with Crippen molar-refractivity contribution in [3.8, 4) is 0 Å². The molecule has 6 heteroatoms. The summed E-state index contributed by atoms with van der Waals surface area (Å²) < 4.78 is 0. The van der Waals surface area contributed by atoms with Gasteiger partial charge in [0.05, 0.1) is 18.4 Å². The minimum absolute atomic E-state index is 0.123. The molecular formula is C16H21N3O3. The quantitative estimate of drug-likeness (QED) is 0.819. The van der Waals surface area contributed by atoms with Crippen molar-refractivity contribution < 1.29 is 14.4 Å². The van der Waals surface area contributed by atoms with Crippen molar-refractivity contribution in [1.29, 1.82) is 0 Å². The lowest BCUT2D eigenvalue weighted by Gasteiger charge is -2.17. The van der Waals surface area contributed by atoms with Crippen molar-refractivity contribution in [3.05, 3.63) is 35.4 Å². The van der Waals surface area contributed by atoms with Crippen LogP contribution in [0.1, 0.15) is 18.1 Å². The van der Waals surface area contributed by atoms with Gasteiger partial charge in [0.2, 0.25) is 17.7 Å². The number of rotatable bonds is 4. The molecule has 118 valence electrons. The van der Waals surface area contributed by atoms with Gasteiger partial charge in [-0.1, -0.05) is 24.3 Å². The van der Waals surface area contributed by atoms with E-state index in [1.54, 1.807) is 0 Å². The van der Waals surface area contributed by atoms with E-state index < -0.39 is 17.9 Å². The van der Waals surface area contributed by atoms with Gasteiger partial charge in [-0.05, 0) is 18.1 Å². The van der Waals surface area contributed by atoms with E-state index in [0.29, 0.717) is 6.54 Å². The average molecular weight is 303 g/mol. The number of nitrogens with two attached hydrogens (primary N) is 1. The number of aryl methyl sites for hydroxylation is 1. The Balaban J connectivity index is 2.02. The molecule has 0 unspecified atom stereocenters. The van der Waals surface area contributed by atoms with Crippen molar-refractivity contribution in [1.82, 2.24) is 10.2 Å². The second-order valence-corrected chi connectivity index (χ2v) is 5.71. The first-order valence-electron chi connectivity index (χ1n) is 7.27. The number of carbonyl (C=O) groups is 3. The molecule has 22 heavy (non-hydrogen) atoms. The highest BCUT2D eigenvalue weighted by Crippen LogP contribution is 2.17. The predicted octanol–water partition coefficient (Wildman–Crippen LogP) is -0.0141. The number of nitrogens with zero attached hydrogens (tertiary/aromatic N) is 1. The summed E-state index contributed by atoms with van der Waals surface area (Å²) in [6, 6.07) is 7.23. The minimum atomic E-state index is -0.537. The third-order valence-corrected chi connectivity index (χ3v) is 4.09. The summed E-state index contributed by atoms with van der Waals surface area (Å²) in [6.07, 6.45) is 0.245. The first-order valence-corrected chi connectivity index (χ1v) is 7.27. The number of amides is 3. The van der Waals surface area contributed by atoms with Crippen LogP contribution in [-0.4, -0.2) is 41.8 Å². The van der Waals surface area contributed by atoms with Gasteiger partial charge < -0.3 is 16.0 Å². The maximum Gasteiger partial charge on any atom is 0.224 e. The van der Waals surface area contributed by atoms with E-state index in [0.717, 1.165) is 11.1 Å². The highest BCUT2D eigenvalue weighted by molar-refractivity contribution is 5.84. The highest BCUT2D eigenvalue weighted by Gasteiger charge is 2.38. The van der Waals surface area contributed by atoms with Crippen LogP contribution in [-0.2, 0) is 20.8 Å². The largest absolute Gasteiger partial charge is 0.369 e. The van der Waals surface area contributed by atoms with Crippen LogP contribution >= 0.6 is 0 Å². The summed E-state index contributed by atoms with van der Waals surface area (Å²) in [7, 11) is 0. The highest BCUT2D eigenvalue weighted by atomic mass is 16.2. The molecule has 1 saturated heterocycles. The van der Waals surface area contributed by atoms with Crippen LogP contribution in [0.2, 0.25) is 0 Å². The maximum atomic E-state index is 12.2. The Bertz CT molecular complexity index is 600. The molecule has 0 aromatic heterocycles. The Labute approximate surface area is 129 Å². The van der Waals surface area contributed by atoms with Crippen LogP contribution < -0.4 is 11.1 Å². The molecule has 1 aromatic carbocycles. The van der Waals surface area contributed by atoms with E-state index in [2.05, 4.69) is 5.32 Å². The van der Waals surface area contributed by atoms with Gasteiger partial charge in [-0.3, -0.25) is 14.4 Å². The minimum Gasteiger partial charge on any atom is -0.369 e. The van der Waals surface area contributed by atoms with Crippen LogP contribution in [0.4, 0.5) is 0 Å². The lowest BCUT2D eigenvalue weighted by atomic mass is 10.0. The summed E-state index contributed by atoms with van der Waals surface area (Å²) in [6.45, 7) is 3.97. The van der Waals surface area contributed by atoms with Gasteiger partial charge >= 0.3 is 0 Å². The molecule has 3 amide bonds. The van der Waals surface area contributed by atoms with Gasteiger partial charge in [0.25, 0.3) is 0 Å². The predicted molar refractivity (Wildman–Crippen MR) is 81.8 cm³/mol. The fourth-order valence-corrected chi connectivity index (χ4v) is 2.73. The molecule has 0 bridgehead atoms. The smallest absolute Gasteiger partial charge is 0.224 e. The van der Waals surface area contributed by atoms with Gasteiger partial charge in [-0.15, -0.1) is 0 Å². The Hall–Kier alpha value is -2.37. The molecule has 1 fully saturated rings. The zero-order chi connectivity index (χ0) is 16.3. The van der Waals surface area contributed by atoms with Crippen LogP contribution in [0.5, 0.6) is 0 Å². The van der Waals surface area contributed by atoms with Crippen molar-refractivity contribution in [2.45, 2.75) is 26.3 Å². The lowest BCUT2D eigenvalue weighted by Crippen LogP contribution is -2.45.